The van der Waals surface area contributed by atoms with E-state index in [1.165, 1.54) is 0 Å². The third-order valence-electron chi connectivity index (χ3n) is 2.54. The molecule has 0 aliphatic carbocycles. The second kappa shape index (κ2) is 5.84. The molecule has 0 aliphatic heterocycles. The first-order valence-electron chi connectivity index (χ1n) is 6.01. The van der Waals surface area contributed by atoms with E-state index in [0.717, 1.165) is 0 Å². The fourth-order valence-corrected chi connectivity index (χ4v) is 1.54. The number of rotatable bonds is 4. The molecule has 1 aromatic heterocycles. The van der Waals surface area contributed by atoms with Crippen molar-refractivity contribution in [3.05, 3.63) is 29.8 Å². The van der Waals surface area contributed by atoms with Gasteiger partial charge in [0.2, 0.25) is 17.8 Å². The summed E-state index contributed by atoms with van der Waals surface area (Å²) in [6, 6.07) is 9.31. The third kappa shape index (κ3) is 2.92. The first kappa shape index (κ1) is 13.5. The molecule has 0 fully saturated rings. The molecular formula is C13H15N7. The number of aromatic nitrogens is 3. The number of benzene rings is 1. The van der Waals surface area contributed by atoms with Crippen LogP contribution in [0.15, 0.2) is 24.3 Å². The van der Waals surface area contributed by atoms with E-state index in [9.17, 15) is 0 Å². The van der Waals surface area contributed by atoms with E-state index >= 15 is 0 Å². The van der Waals surface area contributed by atoms with Gasteiger partial charge in [-0.1, -0.05) is 12.1 Å². The molecule has 0 amide bonds. The second-order valence-electron chi connectivity index (χ2n) is 4.21. The number of nitrogens with zero attached hydrogens (tertiary/aromatic N) is 5. The molecule has 1 aromatic carbocycles. The fourth-order valence-electron chi connectivity index (χ4n) is 1.54. The van der Waals surface area contributed by atoms with Crippen molar-refractivity contribution in [2.45, 2.75) is 0 Å². The van der Waals surface area contributed by atoms with Gasteiger partial charge >= 0.3 is 0 Å². The summed E-state index contributed by atoms with van der Waals surface area (Å²) < 4.78 is 0. The van der Waals surface area contributed by atoms with E-state index in [-0.39, 0.29) is 0 Å². The number of nitrogens with one attached hydrogen (secondary N) is 2. The van der Waals surface area contributed by atoms with Gasteiger partial charge in [-0.3, -0.25) is 0 Å². The Labute approximate surface area is 117 Å². The molecule has 0 atom stereocenters. The van der Waals surface area contributed by atoms with Gasteiger partial charge in [-0.15, -0.1) is 0 Å². The molecule has 2 N–H and O–H groups in total. The van der Waals surface area contributed by atoms with Crippen LogP contribution in [-0.4, -0.2) is 36.1 Å². The third-order valence-corrected chi connectivity index (χ3v) is 2.54. The van der Waals surface area contributed by atoms with Gasteiger partial charge in [-0.2, -0.15) is 20.2 Å². The lowest BCUT2D eigenvalue weighted by Gasteiger charge is -2.13. The van der Waals surface area contributed by atoms with Crippen molar-refractivity contribution in [3.63, 3.8) is 0 Å². The number of anilines is 4. The maximum atomic E-state index is 9.08. The summed E-state index contributed by atoms with van der Waals surface area (Å²) >= 11 is 0. The van der Waals surface area contributed by atoms with Crippen molar-refractivity contribution in [1.82, 2.24) is 15.0 Å². The Balaban J connectivity index is 2.38. The van der Waals surface area contributed by atoms with Crippen LogP contribution in [-0.2, 0) is 0 Å². The largest absolute Gasteiger partial charge is 0.357 e. The number of para-hydroxylation sites is 1. The van der Waals surface area contributed by atoms with E-state index in [1.54, 1.807) is 30.1 Å². The molecule has 7 nitrogen and oxygen atoms in total. The molecule has 0 saturated heterocycles. The highest BCUT2D eigenvalue weighted by Gasteiger charge is 2.09. The van der Waals surface area contributed by atoms with Gasteiger partial charge in [0.1, 0.15) is 6.07 Å². The molecule has 2 rings (SSSR count). The zero-order valence-electron chi connectivity index (χ0n) is 11.5. The summed E-state index contributed by atoms with van der Waals surface area (Å²) in [4.78, 5) is 14.5. The quantitative estimate of drug-likeness (QED) is 0.871. The van der Waals surface area contributed by atoms with Gasteiger partial charge < -0.3 is 15.5 Å². The van der Waals surface area contributed by atoms with Crippen molar-refractivity contribution >= 4 is 23.5 Å². The first-order chi connectivity index (χ1) is 9.63. The average Bonchev–Trinajstić information content (AvgIpc) is 2.47. The lowest BCUT2D eigenvalue weighted by atomic mass is 10.2. The molecule has 2 aromatic rings. The van der Waals surface area contributed by atoms with Crippen LogP contribution in [0.25, 0.3) is 0 Å². The Kier molecular flexibility index (Phi) is 3.96. The fraction of sp³-hybridized carbons (Fsp3) is 0.231. The Morgan fingerprint density at radius 2 is 1.80 bits per heavy atom. The van der Waals surface area contributed by atoms with E-state index in [4.69, 9.17) is 5.26 Å². The predicted molar refractivity (Wildman–Crippen MR) is 78.1 cm³/mol. The topological polar surface area (TPSA) is 89.8 Å². The molecule has 102 valence electrons. The van der Waals surface area contributed by atoms with Crippen LogP contribution in [0.5, 0.6) is 0 Å². The maximum Gasteiger partial charge on any atom is 0.233 e. The zero-order chi connectivity index (χ0) is 14.5. The van der Waals surface area contributed by atoms with Gasteiger partial charge in [0.15, 0.2) is 0 Å². The van der Waals surface area contributed by atoms with Crippen molar-refractivity contribution < 1.29 is 0 Å². The molecule has 20 heavy (non-hydrogen) atoms. The predicted octanol–water partition coefficient (Wildman–Crippen LogP) is 1.59. The lowest BCUT2D eigenvalue weighted by molar-refractivity contribution is 0.963. The average molecular weight is 269 g/mol. The molecule has 0 bridgehead atoms. The van der Waals surface area contributed by atoms with Crippen LogP contribution in [0.3, 0.4) is 0 Å². The highest BCUT2D eigenvalue weighted by Crippen LogP contribution is 2.19. The van der Waals surface area contributed by atoms with Crippen LogP contribution < -0.4 is 15.5 Å². The van der Waals surface area contributed by atoms with Crippen LogP contribution in [0, 0.1) is 11.3 Å². The summed E-state index contributed by atoms with van der Waals surface area (Å²) in [5.41, 5.74) is 1.19. The standard InChI is InChI=1S/C13H15N7/c1-15-11-17-12(19-13(18-11)20(2)3)16-10-7-5-4-6-9(10)8-14/h4-7H,1-3H3,(H2,15,16,17,18,19). The van der Waals surface area contributed by atoms with Gasteiger partial charge in [-0.25, -0.2) is 0 Å². The smallest absolute Gasteiger partial charge is 0.233 e. The maximum absolute atomic E-state index is 9.08. The van der Waals surface area contributed by atoms with Crippen LogP contribution >= 0.6 is 0 Å². The van der Waals surface area contributed by atoms with Crippen molar-refractivity contribution in [2.75, 3.05) is 36.7 Å². The van der Waals surface area contributed by atoms with Gasteiger partial charge in [0.05, 0.1) is 11.3 Å². The van der Waals surface area contributed by atoms with Gasteiger partial charge in [0, 0.05) is 21.1 Å². The van der Waals surface area contributed by atoms with E-state index in [0.29, 0.717) is 29.1 Å². The van der Waals surface area contributed by atoms with Crippen LogP contribution in [0.1, 0.15) is 5.56 Å². The van der Waals surface area contributed by atoms with E-state index in [2.05, 4.69) is 31.7 Å². The highest BCUT2D eigenvalue weighted by molar-refractivity contribution is 5.63. The van der Waals surface area contributed by atoms with Gasteiger partial charge in [0.25, 0.3) is 0 Å². The summed E-state index contributed by atoms with van der Waals surface area (Å²) in [7, 11) is 5.44. The molecule has 0 saturated carbocycles. The minimum absolute atomic E-state index is 0.385. The van der Waals surface area contributed by atoms with Crippen molar-refractivity contribution in [1.29, 1.82) is 5.26 Å². The minimum Gasteiger partial charge on any atom is -0.357 e. The summed E-state index contributed by atoms with van der Waals surface area (Å²) in [6.07, 6.45) is 0. The van der Waals surface area contributed by atoms with Crippen LogP contribution in [0.4, 0.5) is 23.5 Å². The first-order valence-corrected chi connectivity index (χ1v) is 6.01. The highest BCUT2D eigenvalue weighted by atomic mass is 15.3. The normalized spacial score (nSPS) is 9.70. The molecule has 7 heteroatoms. The molecule has 0 unspecified atom stereocenters. The Morgan fingerprint density at radius 3 is 2.45 bits per heavy atom. The van der Waals surface area contributed by atoms with E-state index < -0.39 is 0 Å². The molecule has 0 radical (unpaired) electrons. The summed E-state index contributed by atoms with van der Waals surface area (Å²) in [5, 5.41) is 15.0. The van der Waals surface area contributed by atoms with Crippen molar-refractivity contribution in [3.8, 4) is 6.07 Å². The Morgan fingerprint density at radius 1 is 1.10 bits per heavy atom. The number of hydrogen-bond acceptors (Lipinski definition) is 7. The molecule has 1 heterocycles. The van der Waals surface area contributed by atoms with Crippen LogP contribution in [0.2, 0.25) is 0 Å². The second-order valence-corrected chi connectivity index (χ2v) is 4.21. The summed E-state index contributed by atoms with van der Waals surface area (Å²) in [6.45, 7) is 0. The summed E-state index contributed by atoms with van der Waals surface area (Å²) in [5.74, 6) is 1.37. The van der Waals surface area contributed by atoms with Gasteiger partial charge in [-0.05, 0) is 12.1 Å². The Hall–Kier alpha value is -2.88. The lowest BCUT2D eigenvalue weighted by Crippen LogP contribution is -2.15. The molecule has 0 spiro atoms. The van der Waals surface area contributed by atoms with Crippen molar-refractivity contribution in [2.24, 2.45) is 0 Å². The molecular weight excluding hydrogens is 254 g/mol. The zero-order valence-corrected chi connectivity index (χ0v) is 11.5. The minimum atomic E-state index is 0.385. The number of nitriles is 1. The SMILES string of the molecule is CNc1nc(Nc2ccccc2C#N)nc(N(C)C)n1. The van der Waals surface area contributed by atoms with E-state index in [1.807, 2.05) is 20.2 Å². The molecule has 0 aliphatic rings. The number of hydrogen-bond donors (Lipinski definition) is 2. The Bertz CT molecular complexity index is 645. The monoisotopic (exact) mass is 269 g/mol.